The molecule has 3 aromatic rings. The molecule has 1 aromatic heterocycles. The summed E-state index contributed by atoms with van der Waals surface area (Å²) in [6.45, 7) is 1.99. The Kier molecular flexibility index (Phi) is 3.09. The largest absolute Gasteiger partial charge is 0.269 e. The number of anilines is 2. The SMILES string of the molecule is Cc1ccc2nc3c(cc2c1)C(=O)N(c1ccc(Br)cc1)C1=CC(=O)N13. The highest BCUT2D eigenvalue weighted by molar-refractivity contribution is 9.10. The van der Waals surface area contributed by atoms with Crippen molar-refractivity contribution in [1.29, 1.82) is 0 Å². The number of hydrogen-bond acceptors (Lipinski definition) is 3. The average Bonchev–Trinajstić information content (AvgIpc) is 2.61. The molecule has 0 radical (unpaired) electrons. The van der Waals surface area contributed by atoms with Gasteiger partial charge in [0.1, 0.15) is 5.82 Å². The smallest absolute Gasteiger partial charge is 0.267 e. The van der Waals surface area contributed by atoms with E-state index in [1.165, 1.54) is 11.0 Å². The maximum atomic E-state index is 13.2. The van der Waals surface area contributed by atoms with Gasteiger partial charge in [-0.15, -0.1) is 0 Å². The number of carbonyl (C=O) groups is 2. The number of pyridine rings is 1. The second-order valence-electron chi connectivity index (χ2n) is 6.35. The molecule has 2 aliphatic heterocycles. The first-order valence-corrected chi connectivity index (χ1v) is 8.89. The fraction of sp³-hybridized carbons (Fsp3) is 0.0500. The van der Waals surface area contributed by atoms with Gasteiger partial charge in [0.25, 0.3) is 11.8 Å². The summed E-state index contributed by atoms with van der Waals surface area (Å²) in [5, 5.41) is 0.883. The zero-order valence-electron chi connectivity index (χ0n) is 13.7. The van der Waals surface area contributed by atoms with Crippen LogP contribution in [-0.4, -0.2) is 16.8 Å². The van der Waals surface area contributed by atoms with Gasteiger partial charge >= 0.3 is 0 Å². The van der Waals surface area contributed by atoms with Gasteiger partial charge < -0.3 is 0 Å². The molecule has 0 saturated carbocycles. The van der Waals surface area contributed by atoms with Crippen LogP contribution in [-0.2, 0) is 4.79 Å². The van der Waals surface area contributed by atoms with Crippen molar-refractivity contribution < 1.29 is 9.59 Å². The molecule has 3 heterocycles. The third-order valence-corrected chi connectivity index (χ3v) is 5.14. The van der Waals surface area contributed by atoms with E-state index in [-0.39, 0.29) is 11.8 Å². The highest BCUT2D eigenvalue weighted by Crippen LogP contribution is 2.40. The number of hydrogen-bond donors (Lipinski definition) is 0. The molecule has 2 aromatic carbocycles. The minimum absolute atomic E-state index is 0.171. The Hall–Kier alpha value is -2.99. The fourth-order valence-electron chi connectivity index (χ4n) is 3.34. The van der Waals surface area contributed by atoms with E-state index >= 15 is 0 Å². The lowest BCUT2D eigenvalue weighted by Gasteiger charge is -2.42. The Labute approximate surface area is 157 Å². The number of rotatable bonds is 1. The van der Waals surface area contributed by atoms with Crippen molar-refractivity contribution in [1.82, 2.24) is 4.98 Å². The van der Waals surface area contributed by atoms with Crippen molar-refractivity contribution in [3.8, 4) is 0 Å². The van der Waals surface area contributed by atoms with Gasteiger partial charge in [0, 0.05) is 15.9 Å². The number of fused-ring (bicyclic) bond motifs is 4. The third-order valence-electron chi connectivity index (χ3n) is 4.61. The molecule has 0 aliphatic carbocycles. The van der Waals surface area contributed by atoms with E-state index in [0.717, 1.165) is 20.9 Å². The van der Waals surface area contributed by atoms with Crippen molar-refractivity contribution >= 4 is 50.2 Å². The Morgan fingerprint density at radius 1 is 0.962 bits per heavy atom. The van der Waals surface area contributed by atoms with Crippen LogP contribution >= 0.6 is 15.9 Å². The highest BCUT2D eigenvalue weighted by Gasteiger charge is 2.44. The number of aromatic nitrogens is 1. The number of carbonyl (C=O) groups excluding carboxylic acids is 2. The Balaban J connectivity index is 1.74. The second kappa shape index (κ2) is 5.25. The number of benzene rings is 2. The van der Waals surface area contributed by atoms with Crippen molar-refractivity contribution in [3.05, 3.63) is 76.0 Å². The van der Waals surface area contributed by atoms with Gasteiger partial charge in [0.15, 0.2) is 5.82 Å². The molecule has 6 heteroatoms. The number of halogens is 1. The van der Waals surface area contributed by atoms with Gasteiger partial charge in [-0.2, -0.15) is 0 Å². The van der Waals surface area contributed by atoms with Crippen LogP contribution < -0.4 is 9.80 Å². The zero-order valence-corrected chi connectivity index (χ0v) is 15.3. The summed E-state index contributed by atoms with van der Waals surface area (Å²) in [7, 11) is 0. The molecule has 5 nitrogen and oxygen atoms in total. The van der Waals surface area contributed by atoms with E-state index < -0.39 is 0 Å². The lowest BCUT2D eigenvalue weighted by molar-refractivity contribution is -0.115. The van der Waals surface area contributed by atoms with Crippen molar-refractivity contribution in [3.63, 3.8) is 0 Å². The topological polar surface area (TPSA) is 53.5 Å². The van der Waals surface area contributed by atoms with Crippen LogP contribution in [0.25, 0.3) is 10.9 Å². The molecular formula is C20H12BrN3O2. The summed E-state index contributed by atoms with van der Waals surface area (Å²) in [6.07, 6.45) is 1.46. The third kappa shape index (κ3) is 2.05. The van der Waals surface area contributed by atoms with Gasteiger partial charge in [-0.25, -0.2) is 9.88 Å². The standard InChI is InChI=1S/C20H12BrN3O2/c1-11-2-7-16-12(8-11)9-15-19(22-16)24-17(10-18(24)25)23(20(15)26)14-5-3-13(21)4-6-14/h2-10H,1H3. The number of aryl methyl sites for hydroxylation is 1. The predicted octanol–water partition coefficient (Wildman–Crippen LogP) is 4.15. The minimum atomic E-state index is -0.187. The van der Waals surface area contributed by atoms with E-state index in [9.17, 15) is 9.59 Å². The van der Waals surface area contributed by atoms with Gasteiger partial charge in [-0.3, -0.25) is 14.5 Å². The molecule has 126 valence electrons. The van der Waals surface area contributed by atoms with Crippen LogP contribution in [0.3, 0.4) is 0 Å². The first-order chi connectivity index (χ1) is 12.5. The fourth-order valence-corrected chi connectivity index (χ4v) is 3.61. The van der Waals surface area contributed by atoms with E-state index in [4.69, 9.17) is 0 Å². The number of amides is 2. The lowest BCUT2D eigenvalue weighted by atomic mass is 10.0. The summed E-state index contributed by atoms with van der Waals surface area (Å²) in [5.41, 5.74) is 2.99. The molecule has 0 bridgehead atoms. The maximum absolute atomic E-state index is 13.2. The van der Waals surface area contributed by atoms with Gasteiger partial charge in [0.05, 0.1) is 16.8 Å². The Morgan fingerprint density at radius 3 is 2.46 bits per heavy atom. The maximum Gasteiger partial charge on any atom is 0.267 e. The van der Waals surface area contributed by atoms with Gasteiger partial charge in [-0.1, -0.05) is 27.6 Å². The highest BCUT2D eigenvalue weighted by atomic mass is 79.9. The van der Waals surface area contributed by atoms with Crippen molar-refractivity contribution in [2.45, 2.75) is 6.92 Å². The van der Waals surface area contributed by atoms with E-state index in [2.05, 4.69) is 20.9 Å². The van der Waals surface area contributed by atoms with E-state index in [1.54, 1.807) is 4.90 Å². The monoisotopic (exact) mass is 405 g/mol. The summed E-state index contributed by atoms with van der Waals surface area (Å²) in [5.74, 6) is 0.582. The van der Waals surface area contributed by atoms with Gasteiger partial charge in [-0.05, 0) is 49.4 Å². The van der Waals surface area contributed by atoms with Crippen molar-refractivity contribution in [2.75, 3.05) is 9.80 Å². The lowest BCUT2D eigenvalue weighted by Crippen LogP contribution is -2.53. The molecule has 0 unspecified atom stereocenters. The predicted molar refractivity (Wildman–Crippen MR) is 103 cm³/mol. The minimum Gasteiger partial charge on any atom is -0.269 e. The van der Waals surface area contributed by atoms with Gasteiger partial charge in [0.2, 0.25) is 0 Å². The second-order valence-corrected chi connectivity index (χ2v) is 7.26. The summed E-state index contributed by atoms with van der Waals surface area (Å²) in [4.78, 5) is 33.1. The van der Waals surface area contributed by atoms with Crippen LogP contribution in [0.2, 0.25) is 0 Å². The zero-order chi connectivity index (χ0) is 18.0. The molecule has 0 N–H and O–H groups in total. The Bertz CT molecular complexity index is 1150. The van der Waals surface area contributed by atoms with Crippen LogP contribution in [0.4, 0.5) is 11.5 Å². The molecule has 0 spiro atoms. The molecule has 2 aliphatic rings. The summed E-state index contributed by atoms with van der Waals surface area (Å²) >= 11 is 3.40. The van der Waals surface area contributed by atoms with E-state index in [1.807, 2.05) is 55.5 Å². The van der Waals surface area contributed by atoms with Crippen LogP contribution in [0.1, 0.15) is 15.9 Å². The normalized spacial score (nSPS) is 15.5. The van der Waals surface area contributed by atoms with Crippen LogP contribution in [0.5, 0.6) is 0 Å². The first-order valence-electron chi connectivity index (χ1n) is 8.10. The average molecular weight is 406 g/mol. The first kappa shape index (κ1) is 15.3. The van der Waals surface area contributed by atoms with Crippen LogP contribution in [0.15, 0.2) is 64.9 Å². The van der Waals surface area contributed by atoms with Crippen molar-refractivity contribution in [2.24, 2.45) is 0 Å². The molecule has 5 rings (SSSR count). The Morgan fingerprint density at radius 2 is 1.73 bits per heavy atom. The molecule has 2 amide bonds. The molecule has 0 saturated heterocycles. The summed E-state index contributed by atoms with van der Waals surface area (Å²) in [6, 6.07) is 15.1. The van der Waals surface area contributed by atoms with Crippen LogP contribution in [0, 0.1) is 6.92 Å². The summed E-state index contributed by atoms with van der Waals surface area (Å²) < 4.78 is 0.921. The molecule has 0 atom stereocenters. The van der Waals surface area contributed by atoms with E-state index in [0.29, 0.717) is 22.9 Å². The number of nitrogens with zero attached hydrogens (tertiary/aromatic N) is 3. The quantitative estimate of drug-likeness (QED) is 0.610. The molecule has 26 heavy (non-hydrogen) atoms. The molecular weight excluding hydrogens is 394 g/mol. The molecule has 0 fully saturated rings.